The monoisotopic (exact) mass is 187 g/mol. The highest BCUT2D eigenvalue weighted by Crippen LogP contribution is 2.22. The van der Waals surface area contributed by atoms with Gasteiger partial charge in [-0.15, -0.1) is 0 Å². The number of hydrogen-bond acceptors (Lipinski definition) is 2. The SMILES string of the molecule is COC(C)(C)CCC(CN)C(C)C. The van der Waals surface area contributed by atoms with E-state index in [0.717, 1.165) is 19.4 Å². The molecule has 0 saturated heterocycles. The van der Waals surface area contributed by atoms with Crippen LogP contribution in [0.3, 0.4) is 0 Å². The van der Waals surface area contributed by atoms with Crippen LogP contribution in [0.15, 0.2) is 0 Å². The zero-order valence-electron chi connectivity index (χ0n) is 9.76. The van der Waals surface area contributed by atoms with E-state index in [-0.39, 0.29) is 5.60 Å². The fourth-order valence-electron chi connectivity index (χ4n) is 1.36. The first-order valence-corrected chi connectivity index (χ1v) is 5.18. The van der Waals surface area contributed by atoms with Crippen molar-refractivity contribution in [3.05, 3.63) is 0 Å². The largest absolute Gasteiger partial charge is 0.379 e. The van der Waals surface area contributed by atoms with Crippen LogP contribution in [0.5, 0.6) is 0 Å². The predicted molar refractivity (Wildman–Crippen MR) is 57.7 cm³/mol. The lowest BCUT2D eigenvalue weighted by Crippen LogP contribution is -2.27. The maximum absolute atomic E-state index is 5.70. The molecule has 0 rings (SSSR count). The standard InChI is InChI=1S/C11H25NO/c1-9(2)10(8-12)6-7-11(3,4)13-5/h9-10H,6-8,12H2,1-5H3. The summed E-state index contributed by atoms with van der Waals surface area (Å²) in [5.74, 6) is 1.31. The van der Waals surface area contributed by atoms with Crippen LogP contribution in [0.25, 0.3) is 0 Å². The fraction of sp³-hybridized carbons (Fsp3) is 1.00. The highest BCUT2D eigenvalue weighted by Gasteiger charge is 2.20. The molecule has 0 spiro atoms. The van der Waals surface area contributed by atoms with Gasteiger partial charge in [0.1, 0.15) is 0 Å². The first kappa shape index (κ1) is 12.9. The Kier molecular flexibility index (Phi) is 5.57. The summed E-state index contributed by atoms with van der Waals surface area (Å²) in [7, 11) is 1.77. The number of ether oxygens (including phenoxy) is 1. The van der Waals surface area contributed by atoms with Crippen LogP contribution in [0.4, 0.5) is 0 Å². The highest BCUT2D eigenvalue weighted by molar-refractivity contribution is 4.72. The van der Waals surface area contributed by atoms with Gasteiger partial charge >= 0.3 is 0 Å². The van der Waals surface area contributed by atoms with E-state index in [2.05, 4.69) is 27.7 Å². The Labute approximate surface area is 82.8 Å². The zero-order chi connectivity index (χ0) is 10.5. The second-order valence-electron chi connectivity index (χ2n) is 4.74. The van der Waals surface area contributed by atoms with Crippen molar-refractivity contribution < 1.29 is 4.74 Å². The smallest absolute Gasteiger partial charge is 0.0622 e. The topological polar surface area (TPSA) is 35.2 Å². The summed E-state index contributed by atoms with van der Waals surface area (Å²) in [6.45, 7) is 9.51. The van der Waals surface area contributed by atoms with Crippen molar-refractivity contribution in [1.82, 2.24) is 0 Å². The lowest BCUT2D eigenvalue weighted by Gasteiger charge is -2.26. The summed E-state index contributed by atoms with van der Waals surface area (Å²) in [5, 5.41) is 0. The van der Waals surface area contributed by atoms with E-state index in [9.17, 15) is 0 Å². The van der Waals surface area contributed by atoms with E-state index < -0.39 is 0 Å². The lowest BCUT2D eigenvalue weighted by atomic mass is 9.87. The third kappa shape index (κ3) is 5.27. The maximum Gasteiger partial charge on any atom is 0.0622 e. The molecule has 0 aliphatic rings. The van der Waals surface area contributed by atoms with E-state index in [0.29, 0.717) is 11.8 Å². The fourth-order valence-corrected chi connectivity index (χ4v) is 1.36. The molecule has 13 heavy (non-hydrogen) atoms. The number of rotatable bonds is 6. The van der Waals surface area contributed by atoms with Crippen molar-refractivity contribution in [2.24, 2.45) is 17.6 Å². The molecule has 0 saturated carbocycles. The second-order valence-corrected chi connectivity index (χ2v) is 4.74. The van der Waals surface area contributed by atoms with E-state index in [4.69, 9.17) is 10.5 Å². The van der Waals surface area contributed by atoms with Crippen LogP contribution in [0, 0.1) is 11.8 Å². The molecular formula is C11H25NO. The Balaban J connectivity index is 3.85. The Hall–Kier alpha value is -0.0800. The van der Waals surface area contributed by atoms with Crippen molar-refractivity contribution in [2.75, 3.05) is 13.7 Å². The number of hydrogen-bond donors (Lipinski definition) is 1. The number of methoxy groups -OCH3 is 1. The van der Waals surface area contributed by atoms with Gasteiger partial charge in [-0.05, 0) is 45.1 Å². The molecule has 2 nitrogen and oxygen atoms in total. The summed E-state index contributed by atoms with van der Waals surface area (Å²) >= 11 is 0. The van der Waals surface area contributed by atoms with Crippen LogP contribution in [0.1, 0.15) is 40.5 Å². The van der Waals surface area contributed by atoms with Crippen LogP contribution >= 0.6 is 0 Å². The van der Waals surface area contributed by atoms with Gasteiger partial charge in [0.25, 0.3) is 0 Å². The van der Waals surface area contributed by atoms with Gasteiger partial charge in [-0.2, -0.15) is 0 Å². The molecule has 1 atom stereocenters. The van der Waals surface area contributed by atoms with Gasteiger partial charge in [-0.1, -0.05) is 13.8 Å². The van der Waals surface area contributed by atoms with Crippen molar-refractivity contribution in [1.29, 1.82) is 0 Å². The first-order chi connectivity index (χ1) is 5.93. The molecule has 0 aromatic rings. The minimum atomic E-state index is 0.00229. The van der Waals surface area contributed by atoms with Crippen molar-refractivity contribution in [3.8, 4) is 0 Å². The van der Waals surface area contributed by atoms with E-state index in [1.807, 2.05) is 0 Å². The van der Waals surface area contributed by atoms with E-state index >= 15 is 0 Å². The Morgan fingerprint density at radius 3 is 2.15 bits per heavy atom. The molecule has 0 aromatic carbocycles. The van der Waals surface area contributed by atoms with Crippen molar-refractivity contribution in [3.63, 3.8) is 0 Å². The Bertz CT molecular complexity index is 132. The molecule has 0 aromatic heterocycles. The molecule has 2 N–H and O–H groups in total. The predicted octanol–water partition coefficient (Wildman–Crippen LogP) is 2.42. The van der Waals surface area contributed by atoms with Gasteiger partial charge in [0.15, 0.2) is 0 Å². The molecule has 0 aliphatic heterocycles. The molecule has 2 heteroatoms. The zero-order valence-corrected chi connectivity index (χ0v) is 9.76. The third-order valence-corrected chi connectivity index (χ3v) is 2.92. The molecular weight excluding hydrogens is 162 g/mol. The van der Waals surface area contributed by atoms with E-state index in [1.165, 1.54) is 0 Å². The summed E-state index contributed by atoms with van der Waals surface area (Å²) in [6, 6.07) is 0. The van der Waals surface area contributed by atoms with Gasteiger partial charge in [0, 0.05) is 7.11 Å². The van der Waals surface area contributed by atoms with Crippen LogP contribution in [0.2, 0.25) is 0 Å². The molecule has 80 valence electrons. The average Bonchev–Trinajstić information content (AvgIpc) is 2.05. The van der Waals surface area contributed by atoms with Gasteiger partial charge in [-0.25, -0.2) is 0 Å². The Morgan fingerprint density at radius 2 is 1.85 bits per heavy atom. The minimum absolute atomic E-state index is 0.00229. The maximum atomic E-state index is 5.70. The summed E-state index contributed by atoms with van der Waals surface area (Å²) < 4.78 is 5.37. The third-order valence-electron chi connectivity index (χ3n) is 2.92. The van der Waals surface area contributed by atoms with Gasteiger partial charge < -0.3 is 10.5 Å². The minimum Gasteiger partial charge on any atom is -0.379 e. The first-order valence-electron chi connectivity index (χ1n) is 5.18. The quantitative estimate of drug-likeness (QED) is 0.693. The molecule has 1 unspecified atom stereocenters. The molecule has 0 fully saturated rings. The van der Waals surface area contributed by atoms with Gasteiger partial charge in [-0.3, -0.25) is 0 Å². The van der Waals surface area contributed by atoms with Crippen LogP contribution in [-0.4, -0.2) is 19.3 Å². The second kappa shape index (κ2) is 5.61. The molecule has 0 heterocycles. The van der Waals surface area contributed by atoms with Gasteiger partial charge in [0.2, 0.25) is 0 Å². The normalized spacial score (nSPS) is 15.0. The number of nitrogens with two attached hydrogens (primary N) is 1. The van der Waals surface area contributed by atoms with Crippen molar-refractivity contribution in [2.45, 2.75) is 46.1 Å². The van der Waals surface area contributed by atoms with Crippen LogP contribution in [-0.2, 0) is 4.74 Å². The van der Waals surface area contributed by atoms with Crippen molar-refractivity contribution >= 4 is 0 Å². The molecule has 0 aliphatic carbocycles. The summed E-state index contributed by atoms with van der Waals surface area (Å²) in [6.07, 6.45) is 2.25. The lowest BCUT2D eigenvalue weighted by molar-refractivity contribution is 0.00913. The van der Waals surface area contributed by atoms with Gasteiger partial charge in [0.05, 0.1) is 5.60 Å². The highest BCUT2D eigenvalue weighted by atomic mass is 16.5. The van der Waals surface area contributed by atoms with Crippen LogP contribution < -0.4 is 5.73 Å². The summed E-state index contributed by atoms with van der Waals surface area (Å²) in [5.41, 5.74) is 5.71. The molecule has 0 amide bonds. The van der Waals surface area contributed by atoms with E-state index in [1.54, 1.807) is 7.11 Å². The molecule has 0 radical (unpaired) electrons. The Morgan fingerprint density at radius 1 is 1.31 bits per heavy atom. The summed E-state index contributed by atoms with van der Waals surface area (Å²) in [4.78, 5) is 0. The average molecular weight is 187 g/mol. The molecule has 0 bridgehead atoms.